The molecule has 0 radical (unpaired) electrons. The lowest BCUT2D eigenvalue weighted by molar-refractivity contribution is -0.167. The van der Waals surface area contributed by atoms with Crippen molar-refractivity contribution >= 4 is 17.9 Å². The van der Waals surface area contributed by atoms with Crippen LogP contribution in [-0.2, 0) is 28.6 Å². The summed E-state index contributed by atoms with van der Waals surface area (Å²) in [6, 6.07) is 0. The van der Waals surface area contributed by atoms with Gasteiger partial charge in [0.2, 0.25) is 0 Å². The van der Waals surface area contributed by atoms with Gasteiger partial charge in [-0.3, -0.25) is 14.4 Å². The molecule has 0 amide bonds. The molecule has 0 aromatic rings. The third-order valence-electron chi connectivity index (χ3n) is 12.1. The Balaban J connectivity index is 4.36. The van der Waals surface area contributed by atoms with E-state index in [0.29, 0.717) is 19.3 Å². The lowest BCUT2D eigenvalue weighted by Crippen LogP contribution is -2.30. The van der Waals surface area contributed by atoms with E-state index in [1.165, 1.54) is 161 Å². The number of ether oxygens (including phenoxy) is 3. The van der Waals surface area contributed by atoms with Gasteiger partial charge in [0.25, 0.3) is 0 Å². The van der Waals surface area contributed by atoms with Gasteiger partial charge in [0, 0.05) is 19.3 Å². The third kappa shape index (κ3) is 50.5. The summed E-state index contributed by atoms with van der Waals surface area (Å²) < 4.78 is 16.8. The van der Waals surface area contributed by atoms with Crippen LogP contribution in [0, 0.1) is 0 Å². The van der Waals surface area contributed by atoms with Crippen LogP contribution in [0.1, 0.15) is 290 Å². The van der Waals surface area contributed by atoms with Crippen molar-refractivity contribution in [3.8, 4) is 0 Å². The van der Waals surface area contributed by atoms with Gasteiger partial charge in [0.1, 0.15) is 13.2 Å². The lowest BCUT2D eigenvalue weighted by Gasteiger charge is -2.18. The van der Waals surface area contributed by atoms with Gasteiger partial charge in [0.05, 0.1) is 0 Å². The summed E-state index contributed by atoms with van der Waals surface area (Å²) >= 11 is 0. The highest BCUT2D eigenvalue weighted by Crippen LogP contribution is 2.16. The van der Waals surface area contributed by atoms with E-state index in [9.17, 15) is 14.4 Å². The Labute approximate surface area is 391 Å². The van der Waals surface area contributed by atoms with Crippen LogP contribution in [0.25, 0.3) is 0 Å². The minimum atomic E-state index is -0.779. The van der Waals surface area contributed by atoms with Crippen LogP contribution in [0.2, 0.25) is 0 Å². The fourth-order valence-corrected chi connectivity index (χ4v) is 7.93. The second kappa shape index (κ2) is 52.3. The summed E-state index contributed by atoms with van der Waals surface area (Å²) in [5.41, 5.74) is 0. The van der Waals surface area contributed by atoms with Crippen LogP contribution in [0.3, 0.4) is 0 Å². The molecule has 0 aliphatic carbocycles. The maximum atomic E-state index is 12.8. The van der Waals surface area contributed by atoms with Crippen molar-refractivity contribution in [3.05, 3.63) is 36.5 Å². The molecular formula is C57H104O6. The predicted molar refractivity (Wildman–Crippen MR) is 270 cm³/mol. The Bertz CT molecular complexity index is 1060. The monoisotopic (exact) mass is 885 g/mol. The standard InChI is InChI=1S/C57H104O6/c1-4-7-10-13-16-19-22-25-28-29-30-33-35-38-41-44-47-50-56(59)62-53-54(63-57(60)51-48-45-42-39-36-32-27-24-21-18-15-12-9-6-3)52-61-55(58)49-46-43-40-37-34-31-26-23-20-17-14-11-8-5-2/h15,18,23-24,26-27,54H,4-14,16-17,19-22,25,28-53H2,1-3H3/b18-15+,26-23+,27-24+/t54-/m1/s1. The average molecular weight is 885 g/mol. The average Bonchev–Trinajstić information content (AvgIpc) is 3.28. The quantitative estimate of drug-likeness (QED) is 0.0262. The number of hydrogen-bond donors (Lipinski definition) is 0. The molecule has 0 aromatic carbocycles. The predicted octanol–water partition coefficient (Wildman–Crippen LogP) is 18.1. The van der Waals surface area contributed by atoms with Gasteiger partial charge in [-0.25, -0.2) is 0 Å². The smallest absolute Gasteiger partial charge is 0.306 e. The summed E-state index contributed by atoms with van der Waals surface area (Å²) in [6.45, 7) is 6.60. The van der Waals surface area contributed by atoms with E-state index in [1.54, 1.807) is 0 Å². The van der Waals surface area contributed by atoms with Crippen LogP contribution in [0.4, 0.5) is 0 Å². The van der Waals surface area contributed by atoms with Gasteiger partial charge in [-0.2, -0.15) is 0 Å². The van der Waals surface area contributed by atoms with Gasteiger partial charge < -0.3 is 14.2 Å². The minimum absolute atomic E-state index is 0.0772. The second-order valence-corrected chi connectivity index (χ2v) is 18.5. The molecule has 0 bridgehead atoms. The van der Waals surface area contributed by atoms with Gasteiger partial charge in [-0.15, -0.1) is 0 Å². The molecule has 0 aliphatic rings. The van der Waals surface area contributed by atoms with Gasteiger partial charge in [0.15, 0.2) is 6.10 Å². The summed E-state index contributed by atoms with van der Waals surface area (Å²) in [5.74, 6) is -0.887. The van der Waals surface area contributed by atoms with E-state index in [0.717, 1.165) is 89.9 Å². The Morgan fingerprint density at radius 3 is 0.937 bits per heavy atom. The van der Waals surface area contributed by atoms with Gasteiger partial charge >= 0.3 is 17.9 Å². The largest absolute Gasteiger partial charge is 0.462 e. The van der Waals surface area contributed by atoms with E-state index < -0.39 is 6.10 Å². The molecule has 0 aliphatic heterocycles. The highest BCUT2D eigenvalue weighted by Gasteiger charge is 2.19. The molecule has 0 fully saturated rings. The zero-order valence-electron chi connectivity index (χ0n) is 42.1. The number of carbonyl (C=O) groups is 3. The summed E-state index contributed by atoms with van der Waals surface area (Å²) in [7, 11) is 0. The first kappa shape index (κ1) is 60.6. The van der Waals surface area contributed by atoms with Crippen LogP contribution in [-0.4, -0.2) is 37.2 Å². The van der Waals surface area contributed by atoms with Crippen molar-refractivity contribution in [1.29, 1.82) is 0 Å². The number of esters is 3. The first-order valence-corrected chi connectivity index (χ1v) is 27.5. The molecule has 0 spiro atoms. The number of unbranched alkanes of at least 4 members (excludes halogenated alkanes) is 33. The maximum absolute atomic E-state index is 12.8. The molecule has 0 unspecified atom stereocenters. The second-order valence-electron chi connectivity index (χ2n) is 18.5. The topological polar surface area (TPSA) is 78.9 Å². The number of rotatable bonds is 50. The molecule has 6 heteroatoms. The van der Waals surface area contributed by atoms with E-state index >= 15 is 0 Å². The zero-order chi connectivity index (χ0) is 45.8. The first-order valence-electron chi connectivity index (χ1n) is 27.5. The Morgan fingerprint density at radius 2 is 0.587 bits per heavy atom. The number of carbonyl (C=O) groups excluding carboxylic acids is 3. The molecule has 0 saturated heterocycles. The van der Waals surface area contributed by atoms with Crippen LogP contribution in [0.15, 0.2) is 36.5 Å². The summed E-state index contributed by atoms with van der Waals surface area (Å²) in [5, 5.41) is 0. The van der Waals surface area contributed by atoms with Gasteiger partial charge in [-0.1, -0.05) is 237 Å². The fraction of sp³-hybridized carbons (Fsp3) is 0.842. The number of hydrogen-bond acceptors (Lipinski definition) is 6. The minimum Gasteiger partial charge on any atom is -0.462 e. The summed E-state index contributed by atoms with van der Waals surface area (Å²) in [6.07, 6.45) is 61.3. The molecule has 63 heavy (non-hydrogen) atoms. The Kier molecular flexibility index (Phi) is 50.3. The van der Waals surface area contributed by atoms with Crippen LogP contribution in [0.5, 0.6) is 0 Å². The van der Waals surface area contributed by atoms with E-state index in [1.807, 2.05) is 0 Å². The lowest BCUT2D eigenvalue weighted by atomic mass is 10.0. The molecule has 0 N–H and O–H groups in total. The first-order chi connectivity index (χ1) is 31.0. The van der Waals surface area contributed by atoms with E-state index in [-0.39, 0.29) is 31.1 Å². The van der Waals surface area contributed by atoms with Crippen molar-refractivity contribution < 1.29 is 28.6 Å². The SMILES string of the molecule is CCCC/C=C/C/C=C/CCCCCCCC(=O)O[C@H](COC(=O)CCCCCCC/C=C/CCCCCCC)COC(=O)CCCCCCCCCCCCCCCCCCC. The Morgan fingerprint density at radius 1 is 0.317 bits per heavy atom. The van der Waals surface area contributed by atoms with Crippen molar-refractivity contribution in [3.63, 3.8) is 0 Å². The number of allylic oxidation sites excluding steroid dienone is 6. The van der Waals surface area contributed by atoms with E-state index in [4.69, 9.17) is 14.2 Å². The summed E-state index contributed by atoms with van der Waals surface area (Å²) in [4.78, 5) is 38.0. The van der Waals surface area contributed by atoms with Crippen molar-refractivity contribution in [1.82, 2.24) is 0 Å². The van der Waals surface area contributed by atoms with Crippen molar-refractivity contribution in [2.75, 3.05) is 13.2 Å². The highest BCUT2D eigenvalue weighted by molar-refractivity contribution is 5.71. The fourth-order valence-electron chi connectivity index (χ4n) is 7.93. The highest BCUT2D eigenvalue weighted by atomic mass is 16.6. The van der Waals surface area contributed by atoms with E-state index in [2.05, 4.69) is 57.2 Å². The molecule has 0 heterocycles. The molecule has 0 rings (SSSR count). The third-order valence-corrected chi connectivity index (χ3v) is 12.1. The molecule has 1 atom stereocenters. The molecule has 0 saturated carbocycles. The molecular weight excluding hydrogens is 781 g/mol. The van der Waals surface area contributed by atoms with Crippen molar-refractivity contribution in [2.45, 2.75) is 297 Å². The molecule has 0 aromatic heterocycles. The molecule has 368 valence electrons. The maximum Gasteiger partial charge on any atom is 0.306 e. The van der Waals surface area contributed by atoms with Gasteiger partial charge in [-0.05, 0) is 70.6 Å². The van der Waals surface area contributed by atoms with Crippen LogP contribution >= 0.6 is 0 Å². The van der Waals surface area contributed by atoms with Crippen LogP contribution < -0.4 is 0 Å². The normalized spacial score (nSPS) is 12.2. The van der Waals surface area contributed by atoms with Crippen molar-refractivity contribution in [2.24, 2.45) is 0 Å². The Hall–Kier alpha value is -2.37. The zero-order valence-corrected chi connectivity index (χ0v) is 42.1. The molecule has 6 nitrogen and oxygen atoms in total.